The second-order valence-corrected chi connectivity index (χ2v) is 9.45. The van der Waals surface area contributed by atoms with E-state index in [1.807, 2.05) is 17.0 Å². The highest BCUT2D eigenvalue weighted by Gasteiger charge is 2.30. The molecule has 0 aliphatic carbocycles. The maximum atomic E-state index is 13.5. The predicted molar refractivity (Wildman–Crippen MR) is 109 cm³/mol. The maximum absolute atomic E-state index is 13.5. The maximum Gasteiger partial charge on any atom is 0.243 e. The molecule has 0 bridgehead atoms. The van der Waals surface area contributed by atoms with Gasteiger partial charge in [-0.3, -0.25) is 0 Å². The van der Waals surface area contributed by atoms with E-state index in [1.165, 1.54) is 4.31 Å². The van der Waals surface area contributed by atoms with Gasteiger partial charge >= 0.3 is 0 Å². The average molecular weight is 439 g/mol. The molecule has 162 valence electrons. The van der Waals surface area contributed by atoms with Gasteiger partial charge in [0.1, 0.15) is 0 Å². The first-order valence-corrected chi connectivity index (χ1v) is 11.3. The lowest BCUT2D eigenvalue weighted by atomic mass is 10.3. The van der Waals surface area contributed by atoms with E-state index < -0.39 is 21.7 Å². The van der Waals surface area contributed by atoms with Crippen molar-refractivity contribution >= 4 is 21.7 Å². The Balaban J connectivity index is 1.39. The lowest BCUT2D eigenvalue weighted by molar-refractivity contribution is 0.312. The number of benzene rings is 1. The van der Waals surface area contributed by atoms with Crippen molar-refractivity contribution < 1.29 is 17.2 Å². The molecular formula is C19H24F2N6O2S. The Morgan fingerprint density at radius 2 is 1.30 bits per heavy atom. The molecule has 4 rings (SSSR count). The summed E-state index contributed by atoms with van der Waals surface area (Å²) in [5.41, 5.74) is 0. The summed E-state index contributed by atoms with van der Waals surface area (Å²) >= 11 is 0. The third kappa shape index (κ3) is 4.23. The van der Waals surface area contributed by atoms with E-state index in [9.17, 15) is 17.2 Å². The zero-order valence-corrected chi connectivity index (χ0v) is 17.5. The van der Waals surface area contributed by atoms with Gasteiger partial charge in [0.05, 0.1) is 4.90 Å². The Morgan fingerprint density at radius 3 is 1.80 bits per heavy atom. The minimum absolute atomic E-state index is 0.225. The van der Waals surface area contributed by atoms with Crippen LogP contribution in [-0.2, 0) is 10.0 Å². The van der Waals surface area contributed by atoms with Crippen molar-refractivity contribution in [3.8, 4) is 0 Å². The summed E-state index contributed by atoms with van der Waals surface area (Å²) in [6, 6.07) is 6.48. The standard InChI is InChI=1S/C19H24F2N6O2S/c1-24-6-8-25(9-7-24)18-4-5-19(23-22-18)26-10-12-27(13-11-26)30(28,29)15-2-3-16(20)17(21)14-15/h2-5,14H,6-13H2,1H3. The van der Waals surface area contributed by atoms with Crippen LogP contribution in [0.5, 0.6) is 0 Å². The third-order valence-corrected chi connectivity index (χ3v) is 7.45. The summed E-state index contributed by atoms with van der Waals surface area (Å²) in [4.78, 5) is 6.19. The summed E-state index contributed by atoms with van der Waals surface area (Å²) in [7, 11) is -1.78. The van der Waals surface area contributed by atoms with E-state index in [2.05, 4.69) is 27.0 Å². The summed E-state index contributed by atoms with van der Waals surface area (Å²) in [5, 5.41) is 8.67. The molecule has 2 saturated heterocycles. The normalized spacial score (nSPS) is 19.3. The molecule has 30 heavy (non-hydrogen) atoms. The van der Waals surface area contributed by atoms with Crippen LogP contribution in [0.3, 0.4) is 0 Å². The third-order valence-electron chi connectivity index (χ3n) is 5.56. The lowest BCUT2D eigenvalue weighted by Crippen LogP contribution is -2.49. The van der Waals surface area contributed by atoms with E-state index >= 15 is 0 Å². The summed E-state index contributed by atoms with van der Waals surface area (Å²) in [5.74, 6) is -0.716. The van der Waals surface area contributed by atoms with Crippen LogP contribution >= 0.6 is 0 Å². The Bertz CT molecular complexity index is 989. The topological polar surface area (TPSA) is 72.9 Å². The first-order valence-electron chi connectivity index (χ1n) is 9.82. The van der Waals surface area contributed by atoms with Gasteiger partial charge < -0.3 is 14.7 Å². The van der Waals surface area contributed by atoms with Gasteiger partial charge in [-0.2, -0.15) is 4.31 Å². The lowest BCUT2D eigenvalue weighted by Gasteiger charge is -2.35. The van der Waals surface area contributed by atoms with Gasteiger partial charge in [0.15, 0.2) is 23.3 Å². The molecule has 2 aliphatic rings. The van der Waals surface area contributed by atoms with E-state index in [4.69, 9.17) is 0 Å². The summed E-state index contributed by atoms with van der Waals surface area (Å²) in [6.45, 7) is 5.11. The average Bonchev–Trinajstić information content (AvgIpc) is 2.76. The van der Waals surface area contributed by atoms with E-state index in [1.54, 1.807) is 0 Å². The smallest absolute Gasteiger partial charge is 0.243 e. The minimum Gasteiger partial charge on any atom is -0.353 e. The number of hydrogen-bond acceptors (Lipinski definition) is 7. The van der Waals surface area contributed by atoms with Gasteiger partial charge in [-0.15, -0.1) is 10.2 Å². The number of aromatic nitrogens is 2. The van der Waals surface area contributed by atoms with Crippen LogP contribution in [0, 0.1) is 11.6 Å². The largest absolute Gasteiger partial charge is 0.353 e. The van der Waals surface area contributed by atoms with Crippen molar-refractivity contribution in [2.24, 2.45) is 0 Å². The van der Waals surface area contributed by atoms with Crippen LogP contribution in [0.1, 0.15) is 0 Å². The van der Waals surface area contributed by atoms with Crippen molar-refractivity contribution in [2.75, 3.05) is 69.2 Å². The minimum atomic E-state index is -3.88. The molecule has 1 aromatic heterocycles. The van der Waals surface area contributed by atoms with E-state index in [-0.39, 0.29) is 18.0 Å². The second kappa shape index (κ2) is 8.40. The Kier molecular flexibility index (Phi) is 5.85. The van der Waals surface area contributed by atoms with Gasteiger partial charge in [0, 0.05) is 52.4 Å². The molecule has 0 radical (unpaired) electrons. The zero-order valence-electron chi connectivity index (χ0n) is 16.7. The van der Waals surface area contributed by atoms with Gasteiger partial charge in [0.2, 0.25) is 10.0 Å². The van der Waals surface area contributed by atoms with Gasteiger partial charge in [-0.1, -0.05) is 0 Å². The SMILES string of the molecule is CN1CCN(c2ccc(N3CCN(S(=O)(=O)c4ccc(F)c(F)c4)CC3)nn2)CC1. The summed E-state index contributed by atoms with van der Waals surface area (Å²) < 4.78 is 53.3. The molecule has 0 N–H and O–H groups in total. The number of anilines is 2. The Morgan fingerprint density at radius 1 is 0.767 bits per heavy atom. The molecule has 2 fully saturated rings. The predicted octanol–water partition coefficient (Wildman–Crippen LogP) is 1.02. The Labute approximate surface area is 174 Å². The molecule has 11 heteroatoms. The quantitative estimate of drug-likeness (QED) is 0.706. The van der Waals surface area contributed by atoms with Gasteiger partial charge in [-0.05, 0) is 37.4 Å². The highest BCUT2D eigenvalue weighted by Crippen LogP contribution is 2.22. The first-order chi connectivity index (χ1) is 14.3. The molecule has 2 aromatic rings. The molecule has 2 aliphatic heterocycles. The number of halogens is 2. The fourth-order valence-corrected chi connectivity index (χ4v) is 5.07. The number of likely N-dealkylation sites (N-methyl/N-ethyl adjacent to an activating group) is 1. The van der Waals surface area contributed by atoms with Crippen LogP contribution in [0.15, 0.2) is 35.2 Å². The molecule has 0 spiro atoms. The second-order valence-electron chi connectivity index (χ2n) is 7.51. The van der Waals surface area contributed by atoms with Crippen molar-refractivity contribution in [3.05, 3.63) is 42.0 Å². The van der Waals surface area contributed by atoms with Crippen molar-refractivity contribution in [1.29, 1.82) is 0 Å². The first kappa shape index (κ1) is 20.9. The van der Waals surface area contributed by atoms with Crippen LogP contribution in [0.4, 0.5) is 20.4 Å². The molecule has 0 atom stereocenters. The molecule has 0 unspecified atom stereocenters. The monoisotopic (exact) mass is 438 g/mol. The van der Waals surface area contributed by atoms with Crippen LogP contribution in [0.25, 0.3) is 0 Å². The van der Waals surface area contributed by atoms with E-state index in [0.717, 1.165) is 50.2 Å². The van der Waals surface area contributed by atoms with Crippen LogP contribution in [0.2, 0.25) is 0 Å². The van der Waals surface area contributed by atoms with Crippen LogP contribution in [-0.4, -0.2) is 87.2 Å². The molecule has 0 saturated carbocycles. The fourth-order valence-electron chi connectivity index (χ4n) is 3.63. The van der Waals surface area contributed by atoms with E-state index in [0.29, 0.717) is 18.9 Å². The number of nitrogens with zero attached hydrogens (tertiary/aromatic N) is 6. The van der Waals surface area contributed by atoms with Gasteiger partial charge in [-0.25, -0.2) is 17.2 Å². The summed E-state index contributed by atoms with van der Waals surface area (Å²) in [6.07, 6.45) is 0. The van der Waals surface area contributed by atoms with Crippen molar-refractivity contribution in [1.82, 2.24) is 19.4 Å². The van der Waals surface area contributed by atoms with Crippen molar-refractivity contribution in [2.45, 2.75) is 4.90 Å². The number of hydrogen-bond donors (Lipinski definition) is 0. The van der Waals surface area contributed by atoms with Gasteiger partial charge in [0.25, 0.3) is 0 Å². The number of rotatable bonds is 4. The Hall–Kier alpha value is -2.37. The molecule has 1 aromatic carbocycles. The number of sulfonamides is 1. The number of piperazine rings is 2. The molecule has 8 nitrogen and oxygen atoms in total. The molecule has 0 amide bonds. The van der Waals surface area contributed by atoms with Crippen LogP contribution < -0.4 is 9.80 Å². The fraction of sp³-hybridized carbons (Fsp3) is 0.474. The highest BCUT2D eigenvalue weighted by molar-refractivity contribution is 7.89. The molecular weight excluding hydrogens is 414 g/mol. The van der Waals surface area contributed by atoms with Crippen molar-refractivity contribution in [3.63, 3.8) is 0 Å². The zero-order chi connectivity index (χ0) is 21.3. The highest BCUT2D eigenvalue weighted by atomic mass is 32.2. The molecule has 3 heterocycles.